The molecule has 2 fully saturated rings. The van der Waals surface area contributed by atoms with Crippen LogP contribution in [0.1, 0.15) is 48.3 Å². The fraction of sp³-hybridized carbons (Fsp3) is 0.324. The Morgan fingerprint density at radius 1 is 0.870 bits per heavy atom. The smallest absolute Gasteiger partial charge is 0.323 e. The first-order valence-corrected chi connectivity index (χ1v) is 15.8. The number of aliphatic hydroxyl groups is 1. The summed E-state index contributed by atoms with van der Waals surface area (Å²) in [5.74, 6) is 1.42. The second-order valence-electron chi connectivity index (χ2n) is 11.7. The number of benzene rings is 4. The van der Waals surface area contributed by atoms with Crippen molar-refractivity contribution in [3.8, 4) is 11.5 Å². The van der Waals surface area contributed by atoms with Crippen LogP contribution in [0, 0.1) is 0 Å². The van der Waals surface area contributed by atoms with Crippen LogP contribution in [0.25, 0.3) is 0 Å². The fourth-order valence-corrected chi connectivity index (χ4v) is 6.10. The highest BCUT2D eigenvalue weighted by atomic mass is 16.7. The topological polar surface area (TPSA) is 102 Å². The van der Waals surface area contributed by atoms with E-state index in [1.165, 1.54) is 0 Å². The average Bonchev–Trinajstić information content (AvgIpc) is 3.52. The molecule has 240 valence electrons. The van der Waals surface area contributed by atoms with Crippen molar-refractivity contribution in [2.24, 2.45) is 0 Å². The summed E-state index contributed by atoms with van der Waals surface area (Å²) in [6, 6.07) is 32.2. The average molecular weight is 624 g/mol. The van der Waals surface area contributed by atoms with Gasteiger partial charge >= 0.3 is 6.03 Å². The van der Waals surface area contributed by atoms with Gasteiger partial charge in [-0.3, -0.25) is 4.90 Å². The van der Waals surface area contributed by atoms with E-state index in [2.05, 4.69) is 15.5 Å². The van der Waals surface area contributed by atoms with E-state index < -0.39 is 6.29 Å². The third-order valence-electron chi connectivity index (χ3n) is 8.42. The van der Waals surface area contributed by atoms with E-state index in [4.69, 9.17) is 18.9 Å². The molecule has 4 aromatic rings. The Hall–Kier alpha value is -4.25. The number of ether oxygens (including phenoxy) is 4. The van der Waals surface area contributed by atoms with Crippen LogP contribution in [0.2, 0.25) is 0 Å². The van der Waals surface area contributed by atoms with Crippen molar-refractivity contribution < 1.29 is 28.8 Å². The summed E-state index contributed by atoms with van der Waals surface area (Å²) in [6.45, 7) is 2.51. The van der Waals surface area contributed by atoms with Crippen LogP contribution in [0.3, 0.4) is 0 Å². The Morgan fingerprint density at radius 2 is 1.63 bits per heavy atom. The molecule has 0 saturated carbocycles. The van der Waals surface area contributed by atoms with E-state index in [-0.39, 0.29) is 24.8 Å². The number of nitrogens with one attached hydrogen (secondary N) is 2. The number of urea groups is 1. The van der Waals surface area contributed by atoms with Gasteiger partial charge in [-0.15, -0.1) is 0 Å². The van der Waals surface area contributed by atoms with Crippen molar-refractivity contribution in [2.45, 2.75) is 50.4 Å². The quantitative estimate of drug-likeness (QED) is 0.162. The van der Waals surface area contributed by atoms with Crippen molar-refractivity contribution in [2.75, 3.05) is 37.4 Å². The first-order chi connectivity index (χ1) is 22.6. The van der Waals surface area contributed by atoms with Crippen LogP contribution in [0.5, 0.6) is 11.5 Å². The number of hydrogen-bond donors (Lipinski definition) is 3. The molecule has 2 aliphatic rings. The minimum absolute atomic E-state index is 0.00261. The second kappa shape index (κ2) is 15.4. The van der Waals surface area contributed by atoms with Gasteiger partial charge in [-0.05, 0) is 79.0 Å². The maximum Gasteiger partial charge on any atom is 0.323 e. The van der Waals surface area contributed by atoms with Crippen LogP contribution in [0.4, 0.5) is 16.2 Å². The molecule has 4 aromatic carbocycles. The summed E-state index contributed by atoms with van der Waals surface area (Å²) in [5.41, 5.74) is 3.98. The van der Waals surface area contributed by atoms with E-state index in [0.29, 0.717) is 36.2 Å². The summed E-state index contributed by atoms with van der Waals surface area (Å²) in [7, 11) is 1.75. The predicted molar refractivity (Wildman–Crippen MR) is 177 cm³/mol. The van der Waals surface area contributed by atoms with Crippen LogP contribution in [-0.4, -0.2) is 55.0 Å². The number of anilines is 2. The number of methoxy groups -OCH3 is 1. The molecule has 3 N–H and O–H groups in total. The SMILES string of the molecule is COCC1CCCN1CC1CC(c2ccc(CO)cc2)OC(c2cccc(NC(=O)Nc3ccc(Oc4ccccc4)cc3)c2)O1. The van der Waals surface area contributed by atoms with Gasteiger partial charge in [0.25, 0.3) is 0 Å². The molecule has 2 saturated heterocycles. The lowest BCUT2D eigenvalue weighted by atomic mass is 9.99. The lowest BCUT2D eigenvalue weighted by Crippen LogP contribution is -2.42. The lowest BCUT2D eigenvalue weighted by molar-refractivity contribution is -0.253. The molecule has 2 aliphatic heterocycles. The van der Waals surface area contributed by atoms with Gasteiger partial charge in [0.05, 0.1) is 25.4 Å². The molecule has 6 rings (SSSR count). The molecular formula is C37H41N3O6. The van der Waals surface area contributed by atoms with E-state index in [1.807, 2.05) is 91.0 Å². The number of amides is 2. The van der Waals surface area contributed by atoms with Crippen LogP contribution >= 0.6 is 0 Å². The number of carbonyl (C=O) groups excluding carboxylic acids is 1. The molecule has 0 bridgehead atoms. The highest BCUT2D eigenvalue weighted by molar-refractivity contribution is 5.99. The Balaban J connectivity index is 1.12. The monoisotopic (exact) mass is 623 g/mol. The van der Waals surface area contributed by atoms with E-state index in [0.717, 1.165) is 48.4 Å². The zero-order chi connectivity index (χ0) is 31.7. The van der Waals surface area contributed by atoms with Gasteiger partial charge in [-0.1, -0.05) is 54.6 Å². The third-order valence-corrected chi connectivity index (χ3v) is 8.42. The van der Waals surface area contributed by atoms with Crippen molar-refractivity contribution in [3.05, 3.63) is 120 Å². The normalized spacial score (nSPS) is 21.5. The second-order valence-corrected chi connectivity index (χ2v) is 11.7. The number of aliphatic hydroxyl groups excluding tert-OH is 1. The minimum Gasteiger partial charge on any atom is -0.457 e. The summed E-state index contributed by atoms with van der Waals surface area (Å²) >= 11 is 0. The predicted octanol–water partition coefficient (Wildman–Crippen LogP) is 7.27. The zero-order valence-corrected chi connectivity index (χ0v) is 26.0. The molecule has 0 radical (unpaired) electrons. The van der Waals surface area contributed by atoms with Crippen LogP contribution < -0.4 is 15.4 Å². The third kappa shape index (κ3) is 8.31. The maximum atomic E-state index is 12.9. The summed E-state index contributed by atoms with van der Waals surface area (Å²) in [6.07, 6.45) is 2.11. The Labute approximate surface area is 270 Å². The fourth-order valence-electron chi connectivity index (χ4n) is 6.10. The molecule has 2 amide bonds. The van der Waals surface area contributed by atoms with Gasteiger partial charge in [0.2, 0.25) is 0 Å². The molecule has 46 heavy (non-hydrogen) atoms. The number of carbonyl (C=O) groups is 1. The van der Waals surface area contributed by atoms with Gasteiger partial charge in [0.15, 0.2) is 6.29 Å². The number of rotatable bonds is 11. The molecule has 9 heteroatoms. The summed E-state index contributed by atoms with van der Waals surface area (Å²) < 4.78 is 24.4. The van der Waals surface area contributed by atoms with Gasteiger partial charge in [0, 0.05) is 43.1 Å². The number of hydrogen-bond acceptors (Lipinski definition) is 7. The minimum atomic E-state index is -0.619. The molecule has 9 nitrogen and oxygen atoms in total. The molecule has 4 atom stereocenters. The molecule has 0 aliphatic carbocycles. The van der Waals surface area contributed by atoms with Gasteiger partial charge in [-0.25, -0.2) is 4.79 Å². The van der Waals surface area contributed by atoms with Crippen molar-refractivity contribution in [1.29, 1.82) is 0 Å². The van der Waals surface area contributed by atoms with Crippen molar-refractivity contribution >= 4 is 17.4 Å². The molecule has 4 unspecified atom stereocenters. The zero-order valence-electron chi connectivity index (χ0n) is 26.0. The van der Waals surface area contributed by atoms with Crippen molar-refractivity contribution in [3.63, 3.8) is 0 Å². The van der Waals surface area contributed by atoms with Crippen LogP contribution in [-0.2, 0) is 20.8 Å². The number of nitrogens with zero attached hydrogens (tertiary/aromatic N) is 1. The standard InChI is InChI=1S/C37H41N3O6/c1-43-25-31-9-6-20-40(31)23-34-22-35(27-14-12-26(24-41)13-15-27)46-36(45-34)28-7-5-8-30(21-28)39-37(42)38-29-16-18-33(19-17-29)44-32-10-3-2-4-11-32/h2-5,7-8,10-19,21,31,34-36,41H,6,9,20,22-25H2,1H3,(H2,38,39,42). The van der Waals surface area contributed by atoms with Gasteiger partial charge in [0.1, 0.15) is 11.5 Å². The molecular weight excluding hydrogens is 582 g/mol. The molecule has 0 spiro atoms. The van der Waals surface area contributed by atoms with Crippen LogP contribution in [0.15, 0.2) is 103 Å². The highest BCUT2D eigenvalue weighted by Gasteiger charge is 2.35. The number of likely N-dealkylation sites (tertiary alicyclic amines) is 1. The first kappa shape index (κ1) is 31.7. The Bertz CT molecular complexity index is 1550. The molecule has 0 aromatic heterocycles. The number of para-hydroxylation sites is 1. The van der Waals surface area contributed by atoms with E-state index >= 15 is 0 Å². The Kier molecular flexibility index (Phi) is 10.6. The Morgan fingerprint density at radius 3 is 2.39 bits per heavy atom. The largest absolute Gasteiger partial charge is 0.457 e. The van der Waals surface area contributed by atoms with E-state index in [9.17, 15) is 9.90 Å². The van der Waals surface area contributed by atoms with Gasteiger partial charge in [-0.2, -0.15) is 0 Å². The van der Waals surface area contributed by atoms with Gasteiger partial charge < -0.3 is 34.7 Å². The van der Waals surface area contributed by atoms with E-state index in [1.54, 1.807) is 19.2 Å². The lowest BCUT2D eigenvalue weighted by Gasteiger charge is -2.39. The molecule has 2 heterocycles. The maximum absolute atomic E-state index is 12.9. The summed E-state index contributed by atoms with van der Waals surface area (Å²) in [5, 5.41) is 15.3. The highest BCUT2D eigenvalue weighted by Crippen LogP contribution is 2.39. The summed E-state index contributed by atoms with van der Waals surface area (Å²) in [4.78, 5) is 15.4. The van der Waals surface area contributed by atoms with Crippen molar-refractivity contribution in [1.82, 2.24) is 4.90 Å². The first-order valence-electron chi connectivity index (χ1n) is 15.8.